The van der Waals surface area contributed by atoms with Crippen LogP contribution in [0.5, 0.6) is 11.5 Å². The number of para-hydroxylation sites is 1. The van der Waals surface area contributed by atoms with Gasteiger partial charge in [-0.05, 0) is 24.1 Å². The van der Waals surface area contributed by atoms with E-state index in [0.717, 1.165) is 16.7 Å². The van der Waals surface area contributed by atoms with E-state index >= 15 is 0 Å². The second kappa shape index (κ2) is 9.28. The zero-order chi connectivity index (χ0) is 20.9. The monoisotopic (exact) mass is 419 g/mol. The van der Waals surface area contributed by atoms with E-state index in [9.17, 15) is 13.2 Å². The van der Waals surface area contributed by atoms with Crippen LogP contribution in [0.25, 0.3) is 0 Å². The van der Waals surface area contributed by atoms with Crippen molar-refractivity contribution in [3.63, 3.8) is 0 Å². The van der Waals surface area contributed by atoms with Gasteiger partial charge in [0, 0.05) is 18.7 Å². The molecule has 0 unspecified atom stereocenters. The van der Waals surface area contributed by atoms with E-state index in [-0.39, 0.29) is 25.5 Å². The summed E-state index contributed by atoms with van der Waals surface area (Å²) in [6.07, 6.45) is 1.33. The first-order valence-corrected chi connectivity index (χ1v) is 11.3. The SMILES string of the molecule is CCOC(=O)Cc1cccc(CN(Cc2cccc3c2OCCO3)S(C)(=O)=O)c1. The maximum atomic E-state index is 12.4. The van der Waals surface area contributed by atoms with Crippen LogP contribution in [0, 0.1) is 0 Å². The van der Waals surface area contributed by atoms with Crippen LogP contribution in [-0.4, -0.2) is 44.8 Å². The molecule has 29 heavy (non-hydrogen) atoms. The van der Waals surface area contributed by atoms with Crippen LogP contribution in [-0.2, 0) is 39.1 Å². The van der Waals surface area contributed by atoms with Gasteiger partial charge in [-0.25, -0.2) is 8.42 Å². The lowest BCUT2D eigenvalue weighted by atomic mass is 10.1. The van der Waals surface area contributed by atoms with Crippen LogP contribution in [0.1, 0.15) is 23.6 Å². The van der Waals surface area contributed by atoms with Crippen molar-refractivity contribution in [2.75, 3.05) is 26.1 Å². The summed E-state index contributed by atoms with van der Waals surface area (Å²) in [5.74, 6) is 0.903. The van der Waals surface area contributed by atoms with E-state index in [4.69, 9.17) is 14.2 Å². The average Bonchev–Trinajstić information content (AvgIpc) is 2.67. The number of hydrogen-bond acceptors (Lipinski definition) is 6. The first kappa shape index (κ1) is 21.1. The number of benzene rings is 2. The Hall–Kier alpha value is -2.58. The fourth-order valence-electron chi connectivity index (χ4n) is 3.16. The minimum absolute atomic E-state index is 0.151. The van der Waals surface area contributed by atoms with Gasteiger partial charge in [-0.3, -0.25) is 4.79 Å². The van der Waals surface area contributed by atoms with Crippen molar-refractivity contribution in [1.82, 2.24) is 4.31 Å². The predicted molar refractivity (Wildman–Crippen MR) is 108 cm³/mol. The highest BCUT2D eigenvalue weighted by molar-refractivity contribution is 7.88. The lowest BCUT2D eigenvalue weighted by Crippen LogP contribution is -2.29. The molecule has 3 rings (SSSR count). The van der Waals surface area contributed by atoms with Crippen molar-refractivity contribution in [2.45, 2.75) is 26.4 Å². The van der Waals surface area contributed by atoms with E-state index in [2.05, 4.69) is 0 Å². The molecule has 1 heterocycles. The summed E-state index contributed by atoms with van der Waals surface area (Å²) in [4.78, 5) is 11.7. The standard InChI is InChI=1S/C21H25NO6S/c1-3-26-20(23)13-16-6-4-7-17(12-16)14-22(29(2,24)25)15-18-8-5-9-19-21(18)28-11-10-27-19/h4-9,12H,3,10-11,13-15H2,1-2H3. The Morgan fingerprint density at radius 3 is 2.55 bits per heavy atom. The van der Waals surface area contributed by atoms with E-state index in [1.165, 1.54) is 10.6 Å². The topological polar surface area (TPSA) is 82.1 Å². The van der Waals surface area contributed by atoms with Crippen molar-refractivity contribution in [3.8, 4) is 11.5 Å². The van der Waals surface area contributed by atoms with Crippen LogP contribution in [0.3, 0.4) is 0 Å². The summed E-state index contributed by atoms with van der Waals surface area (Å²) in [6, 6.07) is 12.8. The fraction of sp³-hybridized carbons (Fsp3) is 0.381. The lowest BCUT2D eigenvalue weighted by molar-refractivity contribution is -0.142. The maximum Gasteiger partial charge on any atom is 0.310 e. The van der Waals surface area contributed by atoms with E-state index in [1.807, 2.05) is 42.5 Å². The lowest BCUT2D eigenvalue weighted by Gasteiger charge is -2.25. The number of ether oxygens (including phenoxy) is 3. The highest BCUT2D eigenvalue weighted by Crippen LogP contribution is 2.34. The molecule has 2 aromatic carbocycles. The molecule has 0 radical (unpaired) electrons. The molecule has 0 N–H and O–H groups in total. The number of hydrogen-bond donors (Lipinski definition) is 0. The Morgan fingerprint density at radius 2 is 1.79 bits per heavy atom. The Kier molecular flexibility index (Phi) is 6.76. The van der Waals surface area contributed by atoms with Gasteiger partial charge in [0.25, 0.3) is 0 Å². The fourth-order valence-corrected chi connectivity index (χ4v) is 3.92. The molecule has 0 saturated carbocycles. The van der Waals surface area contributed by atoms with Gasteiger partial charge in [-0.2, -0.15) is 4.31 Å². The molecule has 0 bridgehead atoms. The molecule has 0 aliphatic carbocycles. The third kappa shape index (κ3) is 5.71. The van der Waals surface area contributed by atoms with E-state index < -0.39 is 10.0 Å². The molecule has 156 valence electrons. The van der Waals surface area contributed by atoms with Crippen LogP contribution in [0.2, 0.25) is 0 Å². The summed E-state index contributed by atoms with van der Waals surface area (Å²) in [5.41, 5.74) is 2.32. The second-order valence-electron chi connectivity index (χ2n) is 6.77. The van der Waals surface area contributed by atoms with Gasteiger partial charge >= 0.3 is 5.97 Å². The summed E-state index contributed by atoms with van der Waals surface area (Å²) in [5, 5.41) is 0. The Bertz CT molecular complexity index is 973. The number of rotatable bonds is 8. The molecule has 0 amide bonds. The molecule has 0 saturated heterocycles. The highest BCUT2D eigenvalue weighted by Gasteiger charge is 2.22. The second-order valence-corrected chi connectivity index (χ2v) is 8.76. The van der Waals surface area contributed by atoms with Gasteiger partial charge in [-0.15, -0.1) is 0 Å². The molecular weight excluding hydrogens is 394 g/mol. The van der Waals surface area contributed by atoms with Crippen LogP contribution in [0.15, 0.2) is 42.5 Å². The number of esters is 1. The Morgan fingerprint density at radius 1 is 1.07 bits per heavy atom. The largest absolute Gasteiger partial charge is 0.486 e. The number of carbonyl (C=O) groups is 1. The minimum Gasteiger partial charge on any atom is -0.486 e. The van der Waals surface area contributed by atoms with Gasteiger partial charge in [0.05, 0.1) is 19.3 Å². The van der Waals surface area contributed by atoms with Crippen molar-refractivity contribution in [2.24, 2.45) is 0 Å². The van der Waals surface area contributed by atoms with Gasteiger partial charge < -0.3 is 14.2 Å². The molecular formula is C21H25NO6S. The molecule has 0 atom stereocenters. The number of sulfonamides is 1. The van der Waals surface area contributed by atoms with Crippen molar-refractivity contribution in [1.29, 1.82) is 0 Å². The molecule has 0 spiro atoms. The van der Waals surface area contributed by atoms with Crippen LogP contribution >= 0.6 is 0 Å². The smallest absolute Gasteiger partial charge is 0.310 e. The van der Waals surface area contributed by atoms with Crippen molar-refractivity contribution in [3.05, 3.63) is 59.2 Å². The van der Waals surface area contributed by atoms with Gasteiger partial charge in [0.1, 0.15) is 13.2 Å². The predicted octanol–water partition coefficient (Wildman–Crippen LogP) is 2.53. The Labute approximate surface area is 171 Å². The van der Waals surface area contributed by atoms with Crippen LogP contribution in [0.4, 0.5) is 0 Å². The molecule has 7 nitrogen and oxygen atoms in total. The molecule has 2 aromatic rings. The minimum atomic E-state index is -3.49. The molecule has 0 aromatic heterocycles. The van der Waals surface area contributed by atoms with Gasteiger partial charge in [0.15, 0.2) is 11.5 Å². The molecule has 0 fully saturated rings. The Balaban J connectivity index is 1.80. The number of fused-ring (bicyclic) bond motifs is 1. The molecule has 1 aliphatic rings. The average molecular weight is 419 g/mol. The zero-order valence-corrected chi connectivity index (χ0v) is 17.4. The van der Waals surface area contributed by atoms with Crippen LogP contribution < -0.4 is 9.47 Å². The zero-order valence-electron chi connectivity index (χ0n) is 16.6. The molecule has 8 heteroatoms. The first-order chi connectivity index (χ1) is 13.9. The maximum absolute atomic E-state index is 12.4. The first-order valence-electron chi connectivity index (χ1n) is 9.43. The molecule has 1 aliphatic heterocycles. The number of carbonyl (C=O) groups excluding carboxylic acids is 1. The van der Waals surface area contributed by atoms with Gasteiger partial charge in [0.2, 0.25) is 10.0 Å². The van der Waals surface area contributed by atoms with Crippen molar-refractivity contribution < 1.29 is 27.4 Å². The summed E-state index contributed by atoms with van der Waals surface area (Å²) in [7, 11) is -3.49. The third-order valence-electron chi connectivity index (χ3n) is 4.47. The summed E-state index contributed by atoms with van der Waals surface area (Å²) < 4.78 is 42.5. The summed E-state index contributed by atoms with van der Waals surface area (Å²) >= 11 is 0. The third-order valence-corrected chi connectivity index (χ3v) is 5.66. The van der Waals surface area contributed by atoms with E-state index in [1.54, 1.807) is 6.92 Å². The quantitative estimate of drug-likeness (QED) is 0.612. The van der Waals surface area contributed by atoms with Gasteiger partial charge in [-0.1, -0.05) is 36.4 Å². The normalized spacial score (nSPS) is 13.3. The highest BCUT2D eigenvalue weighted by atomic mass is 32.2. The number of nitrogens with zero attached hydrogens (tertiary/aromatic N) is 1. The van der Waals surface area contributed by atoms with Crippen molar-refractivity contribution >= 4 is 16.0 Å². The van der Waals surface area contributed by atoms with E-state index in [0.29, 0.717) is 31.3 Å². The summed E-state index contributed by atoms with van der Waals surface area (Å²) in [6.45, 7) is 3.33.